The molecule has 0 N–H and O–H groups in total. The number of hydrogen-bond donors (Lipinski definition) is 0. The number of ether oxygens (including phenoxy) is 1. The first-order chi connectivity index (χ1) is 10.2. The van der Waals surface area contributed by atoms with Crippen molar-refractivity contribution in [3.8, 4) is 5.75 Å². The van der Waals surface area contributed by atoms with Crippen LogP contribution in [0.25, 0.3) is 0 Å². The fourth-order valence-corrected chi connectivity index (χ4v) is 5.34. The SMILES string of the molecule is CCCOc1ccc(C(=O)C2C3C4CCC(C4)C23)cc1Br. The summed E-state index contributed by atoms with van der Waals surface area (Å²) in [6.45, 7) is 2.80. The third-order valence-corrected chi connectivity index (χ3v) is 6.34. The van der Waals surface area contributed by atoms with Crippen LogP contribution in [0.5, 0.6) is 5.75 Å². The van der Waals surface area contributed by atoms with Crippen molar-refractivity contribution in [2.45, 2.75) is 32.6 Å². The predicted octanol–water partition coefficient (Wildman–Crippen LogP) is 4.71. The average molecular weight is 349 g/mol. The van der Waals surface area contributed by atoms with E-state index >= 15 is 0 Å². The Kier molecular flexibility index (Phi) is 3.36. The molecule has 4 unspecified atom stereocenters. The normalized spacial score (nSPS) is 35.6. The number of fused-ring (bicyclic) bond motifs is 5. The van der Waals surface area contributed by atoms with Gasteiger partial charge in [0.2, 0.25) is 0 Å². The van der Waals surface area contributed by atoms with Crippen LogP contribution in [0, 0.1) is 29.6 Å². The van der Waals surface area contributed by atoms with Gasteiger partial charge in [-0.1, -0.05) is 6.92 Å². The quantitative estimate of drug-likeness (QED) is 0.720. The van der Waals surface area contributed by atoms with Gasteiger partial charge in [0, 0.05) is 11.5 Å². The fourth-order valence-electron chi connectivity index (χ4n) is 4.85. The van der Waals surface area contributed by atoms with Crippen LogP contribution in [0.1, 0.15) is 43.0 Å². The molecule has 3 heteroatoms. The zero-order chi connectivity index (χ0) is 14.6. The second kappa shape index (κ2) is 5.12. The molecule has 0 saturated heterocycles. The molecule has 4 atom stereocenters. The van der Waals surface area contributed by atoms with E-state index in [9.17, 15) is 4.79 Å². The molecular formula is C18H21BrO2. The van der Waals surface area contributed by atoms with Crippen molar-refractivity contribution in [1.29, 1.82) is 0 Å². The van der Waals surface area contributed by atoms with E-state index in [0.717, 1.165) is 34.0 Å². The predicted molar refractivity (Wildman–Crippen MR) is 85.6 cm³/mol. The van der Waals surface area contributed by atoms with Crippen molar-refractivity contribution in [1.82, 2.24) is 0 Å². The molecule has 21 heavy (non-hydrogen) atoms. The summed E-state index contributed by atoms with van der Waals surface area (Å²) in [5.41, 5.74) is 0.851. The van der Waals surface area contributed by atoms with Crippen LogP contribution >= 0.6 is 15.9 Å². The van der Waals surface area contributed by atoms with Crippen molar-refractivity contribution in [2.24, 2.45) is 29.6 Å². The molecule has 0 heterocycles. The van der Waals surface area contributed by atoms with Gasteiger partial charge in [-0.25, -0.2) is 0 Å². The Morgan fingerprint density at radius 2 is 2.00 bits per heavy atom. The fraction of sp³-hybridized carbons (Fsp3) is 0.611. The van der Waals surface area contributed by atoms with Crippen molar-refractivity contribution in [3.63, 3.8) is 0 Å². The average Bonchev–Trinajstić information content (AvgIpc) is 2.92. The van der Waals surface area contributed by atoms with Crippen molar-refractivity contribution in [2.75, 3.05) is 6.61 Å². The molecule has 2 bridgehead atoms. The van der Waals surface area contributed by atoms with Crippen molar-refractivity contribution in [3.05, 3.63) is 28.2 Å². The van der Waals surface area contributed by atoms with E-state index in [1.54, 1.807) is 0 Å². The van der Waals surface area contributed by atoms with Gasteiger partial charge in [-0.15, -0.1) is 0 Å². The molecule has 3 aliphatic rings. The van der Waals surface area contributed by atoms with Crippen molar-refractivity contribution < 1.29 is 9.53 Å². The Labute approximate surface area is 134 Å². The first-order valence-electron chi connectivity index (χ1n) is 8.17. The molecule has 3 fully saturated rings. The number of benzene rings is 1. The van der Waals surface area contributed by atoms with Gasteiger partial charge in [-0.3, -0.25) is 4.79 Å². The smallest absolute Gasteiger partial charge is 0.166 e. The van der Waals surface area contributed by atoms with E-state index in [0.29, 0.717) is 30.1 Å². The van der Waals surface area contributed by atoms with Crippen LogP contribution in [0.15, 0.2) is 22.7 Å². The molecule has 3 aliphatic carbocycles. The number of carbonyl (C=O) groups is 1. The second-order valence-electron chi connectivity index (χ2n) is 6.87. The number of halogens is 1. The first kappa shape index (κ1) is 13.8. The van der Waals surface area contributed by atoms with E-state index in [2.05, 4.69) is 22.9 Å². The monoisotopic (exact) mass is 348 g/mol. The summed E-state index contributed by atoms with van der Waals surface area (Å²) in [7, 11) is 0. The molecule has 1 aromatic carbocycles. The minimum Gasteiger partial charge on any atom is -0.492 e. The maximum Gasteiger partial charge on any atom is 0.166 e. The number of ketones is 1. The lowest BCUT2D eigenvalue weighted by Gasteiger charge is -2.10. The lowest BCUT2D eigenvalue weighted by molar-refractivity contribution is 0.0944. The standard InChI is InChI=1S/C18H21BrO2/c1-2-7-21-14-6-5-12(9-13(14)19)18(20)17-15-10-3-4-11(8-10)16(15)17/h5-6,9-11,15-17H,2-4,7-8H2,1H3. The summed E-state index contributed by atoms with van der Waals surface area (Å²) in [6, 6.07) is 5.82. The molecule has 4 rings (SSSR count). The maximum atomic E-state index is 12.8. The molecule has 2 nitrogen and oxygen atoms in total. The van der Waals surface area contributed by atoms with Gasteiger partial charge >= 0.3 is 0 Å². The Bertz CT molecular complexity index is 567. The molecule has 0 radical (unpaired) electrons. The van der Waals surface area contributed by atoms with Gasteiger partial charge in [0.25, 0.3) is 0 Å². The van der Waals surface area contributed by atoms with Gasteiger partial charge in [-0.05, 0) is 83.5 Å². The highest BCUT2D eigenvalue weighted by molar-refractivity contribution is 9.10. The van der Waals surface area contributed by atoms with Gasteiger partial charge < -0.3 is 4.74 Å². The molecule has 0 aliphatic heterocycles. The van der Waals surface area contributed by atoms with E-state index in [-0.39, 0.29) is 0 Å². The molecule has 1 aromatic rings. The van der Waals surface area contributed by atoms with Crippen LogP contribution in [0.2, 0.25) is 0 Å². The van der Waals surface area contributed by atoms with Crippen LogP contribution in [0.4, 0.5) is 0 Å². The van der Waals surface area contributed by atoms with E-state index < -0.39 is 0 Å². The zero-order valence-electron chi connectivity index (χ0n) is 12.3. The summed E-state index contributed by atoms with van der Waals surface area (Å²) in [4.78, 5) is 12.8. The largest absolute Gasteiger partial charge is 0.492 e. The summed E-state index contributed by atoms with van der Waals surface area (Å²) >= 11 is 3.54. The second-order valence-corrected chi connectivity index (χ2v) is 7.73. The Morgan fingerprint density at radius 1 is 1.29 bits per heavy atom. The van der Waals surface area contributed by atoms with Gasteiger partial charge in [0.05, 0.1) is 11.1 Å². The summed E-state index contributed by atoms with van der Waals surface area (Å²) in [5, 5.41) is 0. The van der Waals surface area contributed by atoms with Crippen molar-refractivity contribution >= 4 is 21.7 Å². The Hall–Kier alpha value is -0.830. The number of hydrogen-bond acceptors (Lipinski definition) is 2. The summed E-state index contributed by atoms with van der Waals surface area (Å²) in [5.74, 6) is 4.66. The van der Waals surface area contributed by atoms with Gasteiger partial charge in [0.1, 0.15) is 5.75 Å². The minimum atomic E-state index is 0.325. The van der Waals surface area contributed by atoms with E-state index in [4.69, 9.17) is 4.74 Å². The topological polar surface area (TPSA) is 26.3 Å². The van der Waals surface area contributed by atoms with Gasteiger partial charge in [-0.2, -0.15) is 0 Å². The zero-order valence-corrected chi connectivity index (χ0v) is 13.9. The third kappa shape index (κ3) is 2.16. The molecule has 0 aromatic heterocycles. The minimum absolute atomic E-state index is 0.325. The molecule has 112 valence electrons. The van der Waals surface area contributed by atoms with E-state index in [1.165, 1.54) is 19.3 Å². The van der Waals surface area contributed by atoms with Crippen LogP contribution in [-0.4, -0.2) is 12.4 Å². The number of carbonyl (C=O) groups excluding carboxylic acids is 1. The first-order valence-corrected chi connectivity index (χ1v) is 8.96. The Balaban J connectivity index is 1.50. The van der Waals surface area contributed by atoms with Crippen LogP contribution in [0.3, 0.4) is 0 Å². The number of rotatable bonds is 5. The number of Topliss-reactive ketones (excluding diaryl/α,β-unsaturated/α-hetero) is 1. The third-order valence-electron chi connectivity index (χ3n) is 5.72. The lowest BCUT2D eigenvalue weighted by atomic mass is 9.96. The highest BCUT2D eigenvalue weighted by atomic mass is 79.9. The molecule has 0 spiro atoms. The summed E-state index contributed by atoms with van der Waals surface area (Å²) in [6.07, 6.45) is 5.11. The maximum absolute atomic E-state index is 12.8. The highest BCUT2D eigenvalue weighted by Gasteiger charge is 2.67. The van der Waals surface area contributed by atoms with Gasteiger partial charge in [0.15, 0.2) is 5.78 Å². The molecule has 3 saturated carbocycles. The lowest BCUT2D eigenvalue weighted by Crippen LogP contribution is -2.10. The molecule has 0 amide bonds. The van der Waals surface area contributed by atoms with Crippen LogP contribution in [-0.2, 0) is 0 Å². The van der Waals surface area contributed by atoms with Crippen LogP contribution < -0.4 is 4.74 Å². The molecular weight excluding hydrogens is 328 g/mol. The van der Waals surface area contributed by atoms with E-state index in [1.807, 2.05) is 18.2 Å². The summed E-state index contributed by atoms with van der Waals surface area (Å²) < 4.78 is 6.56. The highest BCUT2D eigenvalue weighted by Crippen LogP contribution is 2.69. The Morgan fingerprint density at radius 3 is 2.62 bits per heavy atom.